The van der Waals surface area contributed by atoms with Crippen molar-refractivity contribution in [2.24, 2.45) is 0 Å². The molecule has 112 valence electrons. The summed E-state index contributed by atoms with van der Waals surface area (Å²) in [4.78, 5) is -0.922. The monoisotopic (exact) mass is 398 g/mol. The zero-order chi connectivity index (χ0) is 15.7. The molecule has 0 aromatic heterocycles. The van der Waals surface area contributed by atoms with Gasteiger partial charge in [-0.25, -0.2) is 13.2 Å². The number of hydrogen-bond acceptors (Lipinski definition) is 1. The molecule has 0 heterocycles. The summed E-state index contributed by atoms with van der Waals surface area (Å²) < 4.78 is 45.6. The van der Waals surface area contributed by atoms with Gasteiger partial charge in [-0.15, -0.1) is 0 Å². The molecule has 0 aliphatic rings. The van der Waals surface area contributed by atoms with E-state index >= 15 is 0 Å². The maximum atomic E-state index is 13.8. The van der Waals surface area contributed by atoms with Crippen molar-refractivity contribution in [3.63, 3.8) is 0 Å². The number of alkyl halides is 1. The SMILES string of the molecule is COc1cc(Cl)c(C(Br)c2c(F)cc(F)cc2F)cc1Cl. The van der Waals surface area contributed by atoms with Gasteiger partial charge in [-0.1, -0.05) is 39.1 Å². The Morgan fingerprint density at radius 3 is 2.10 bits per heavy atom. The summed E-state index contributed by atoms with van der Waals surface area (Å²) in [6, 6.07) is 4.08. The minimum absolute atomic E-state index is 0.209. The number of rotatable bonds is 3. The van der Waals surface area contributed by atoms with Crippen LogP contribution in [0.4, 0.5) is 13.2 Å². The molecule has 2 aromatic rings. The first-order valence-corrected chi connectivity index (χ1v) is 7.33. The molecule has 0 bridgehead atoms. The molecule has 0 saturated heterocycles. The van der Waals surface area contributed by atoms with Crippen molar-refractivity contribution in [1.82, 2.24) is 0 Å². The highest BCUT2D eigenvalue weighted by atomic mass is 79.9. The van der Waals surface area contributed by atoms with Crippen LogP contribution in [0.5, 0.6) is 5.75 Å². The number of hydrogen-bond donors (Lipinski definition) is 0. The Kier molecular flexibility index (Phi) is 5.07. The smallest absolute Gasteiger partial charge is 0.138 e. The fourth-order valence-corrected chi connectivity index (χ4v) is 3.31. The Balaban J connectivity index is 2.55. The van der Waals surface area contributed by atoms with Crippen LogP contribution in [-0.4, -0.2) is 7.11 Å². The molecule has 0 aliphatic heterocycles. The quantitative estimate of drug-likeness (QED) is 0.583. The van der Waals surface area contributed by atoms with Crippen molar-refractivity contribution in [2.45, 2.75) is 4.83 Å². The fourth-order valence-electron chi connectivity index (χ4n) is 1.85. The molecule has 2 aromatic carbocycles. The Bertz CT molecular complexity index is 671. The lowest BCUT2D eigenvalue weighted by atomic mass is 10.0. The van der Waals surface area contributed by atoms with Crippen LogP contribution in [0.2, 0.25) is 10.0 Å². The normalized spacial score (nSPS) is 12.3. The first-order chi connectivity index (χ1) is 9.85. The molecule has 1 unspecified atom stereocenters. The van der Waals surface area contributed by atoms with Gasteiger partial charge in [-0.05, 0) is 11.6 Å². The second-order valence-electron chi connectivity index (χ2n) is 4.15. The van der Waals surface area contributed by atoms with Gasteiger partial charge in [-0.3, -0.25) is 0 Å². The summed E-state index contributed by atoms with van der Waals surface area (Å²) in [6.45, 7) is 0. The van der Waals surface area contributed by atoms with Crippen LogP contribution in [0.15, 0.2) is 24.3 Å². The van der Waals surface area contributed by atoms with Crippen molar-refractivity contribution in [3.8, 4) is 5.75 Å². The minimum Gasteiger partial charge on any atom is -0.495 e. The molecule has 2 rings (SSSR count). The van der Waals surface area contributed by atoms with Gasteiger partial charge in [0.05, 0.1) is 17.0 Å². The van der Waals surface area contributed by atoms with Crippen LogP contribution in [0.3, 0.4) is 0 Å². The van der Waals surface area contributed by atoms with Gasteiger partial charge in [0.15, 0.2) is 0 Å². The van der Waals surface area contributed by atoms with Gasteiger partial charge in [0, 0.05) is 28.8 Å². The molecule has 1 nitrogen and oxygen atoms in total. The topological polar surface area (TPSA) is 9.23 Å². The Morgan fingerprint density at radius 1 is 1.00 bits per heavy atom. The summed E-state index contributed by atoms with van der Waals surface area (Å²) in [5.74, 6) is -2.69. The van der Waals surface area contributed by atoms with E-state index in [0.717, 1.165) is 0 Å². The second kappa shape index (κ2) is 6.46. The molecule has 0 N–H and O–H groups in total. The first-order valence-electron chi connectivity index (χ1n) is 5.66. The van der Waals surface area contributed by atoms with Crippen LogP contribution in [-0.2, 0) is 0 Å². The number of ether oxygens (including phenoxy) is 1. The molecule has 1 atom stereocenters. The zero-order valence-electron chi connectivity index (χ0n) is 10.6. The molecular formula is C14H8BrCl2F3O. The van der Waals surface area contributed by atoms with Crippen molar-refractivity contribution in [2.75, 3.05) is 7.11 Å². The Labute approximate surface area is 137 Å². The predicted octanol–water partition coefficient (Wildman–Crippen LogP) is 5.90. The average Bonchev–Trinajstić information content (AvgIpc) is 2.39. The van der Waals surface area contributed by atoms with Crippen LogP contribution >= 0.6 is 39.1 Å². The first kappa shape index (κ1) is 16.5. The summed E-state index contributed by atoms with van der Waals surface area (Å²) in [6.07, 6.45) is 0. The molecule has 0 radical (unpaired) electrons. The lowest BCUT2D eigenvalue weighted by Crippen LogP contribution is -2.03. The second-order valence-corrected chi connectivity index (χ2v) is 5.88. The van der Waals surface area contributed by atoms with Crippen LogP contribution < -0.4 is 4.74 Å². The van der Waals surface area contributed by atoms with E-state index in [4.69, 9.17) is 27.9 Å². The number of benzene rings is 2. The van der Waals surface area contributed by atoms with E-state index in [9.17, 15) is 13.2 Å². The van der Waals surface area contributed by atoms with Gasteiger partial charge >= 0.3 is 0 Å². The molecule has 0 fully saturated rings. The third-order valence-corrected chi connectivity index (χ3v) is 4.42. The largest absolute Gasteiger partial charge is 0.495 e. The third-order valence-electron chi connectivity index (χ3n) is 2.84. The summed E-state index contributed by atoms with van der Waals surface area (Å²) in [5.41, 5.74) is -0.00796. The van der Waals surface area contributed by atoms with Crippen molar-refractivity contribution in [1.29, 1.82) is 0 Å². The van der Waals surface area contributed by atoms with Gasteiger partial charge in [0.1, 0.15) is 23.2 Å². The van der Waals surface area contributed by atoms with E-state index in [1.807, 2.05) is 0 Å². The van der Waals surface area contributed by atoms with Crippen molar-refractivity contribution < 1.29 is 17.9 Å². The molecular weight excluding hydrogens is 392 g/mol. The highest BCUT2D eigenvalue weighted by Gasteiger charge is 2.24. The molecule has 7 heteroatoms. The predicted molar refractivity (Wildman–Crippen MR) is 80.1 cm³/mol. The summed E-state index contributed by atoms with van der Waals surface area (Å²) in [5, 5.41) is 0.450. The van der Waals surface area contributed by atoms with E-state index in [2.05, 4.69) is 15.9 Å². The minimum atomic E-state index is -1.02. The average molecular weight is 400 g/mol. The summed E-state index contributed by atoms with van der Waals surface area (Å²) in [7, 11) is 1.42. The van der Waals surface area contributed by atoms with Gasteiger partial charge < -0.3 is 4.74 Å². The molecule has 21 heavy (non-hydrogen) atoms. The molecule has 0 saturated carbocycles. The highest BCUT2D eigenvalue weighted by molar-refractivity contribution is 9.09. The van der Waals surface area contributed by atoms with Crippen molar-refractivity contribution >= 4 is 39.1 Å². The lowest BCUT2D eigenvalue weighted by Gasteiger charge is -2.16. The molecule has 0 amide bonds. The van der Waals surface area contributed by atoms with Gasteiger partial charge in [-0.2, -0.15) is 0 Å². The molecule has 0 spiro atoms. The maximum absolute atomic E-state index is 13.8. The van der Waals surface area contributed by atoms with E-state index in [1.165, 1.54) is 19.2 Å². The van der Waals surface area contributed by atoms with E-state index in [1.54, 1.807) is 0 Å². The number of methoxy groups -OCH3 is 1. The van der Waals surface area contributed by atoms with E-state index in [-0.39, 0.29) is 15.6 Å². The van der Waals surface area contributed by atoms with Crippen LogP contribution in [0.1, 0.15) is 16.0 Å². The maximum Gasteiger partial charge on any atom is 0.138 e. The zero-order valence-corrected chi connectivity index (χ0v) is 13.7. The molecule has 0 aliphatic carbocycles. The van der Waals surface area contributed by atoms with E-state index < -0.39 is 22.3 Å². The van der Waals surface area contributed by atoms with Crippen molar-refractivity contribution in [3.05, 3.63) is 62.9 Å². The standard InChI is InChI=1S/C14H8BrCl2F3O/c1-21-12-5-8(16)7(4-9(12)17)14(15)13-10(19)2-6(18)3-11(13)20/h2-5,14H,1H3. The van der Waals surface area contributed by atoms with Gasteiger partial charge in [0.2, 0.25) is 0 Å². The lowest BCUT2D eigenvalue weighted by molar-refractivity contribution is 0.415. The van der Waals surface area contributed by atoms with Crippen LogP contribution in [0.25, 0.3) is 0 Å². The fraction of sp³-hybridized carbons (Fsp3) is 0.143. The Hall–Kier alpha value is -0.910. The highest BCUT2D eigenvalue weighted by Crippen LogP contribution is 2.41. The van der Waals surface area contributed by atoms with E-state index in [0.29, 0.717) is 23.4 Å². The third kappa shape index (κ3) is 3.30. The summed E-state index contributed by atoms with van der Waals surface area (Å²) >= 11 is 15.2. The number of halogens is 6. The van der Waals surface area contributed by atoms with Crippen LogP contribution in [0, 0.1) is 17.5 Å². The Morgan fingerprint density at radius 2 is 1.57 bits per heavy atom. The van der Waals surface area contributed by atoms with Gasteiger partial charge in [0.25, 0.3) is 0 Å².